The van der Waals surface area contributed by atoms with Crippen LogP contribution >= 0.6 is 11.6 Å². The minimum atomic E-state index is 0.284. The zero-order chi connectivity index (χ0) is 18.4. The molecule has 2 aromatic rings. The second-order valence-corrected chi connectivity index (χ2v) is 7.00. The second-order valence-electron chi connectivity index (χ2n) is 6.57. The van der Waals surface area contributed by atoms with Gasteiger partial charge in [0.1, 0.15) is 0 Å². The van der Waals surface area contributed by atoms with Crippen LogP contribution in [-0.2, 0) is 13.6 Å². The van der Waals surface area contributed by atoms with Gasteiger partial charge in [-0.2, -0.15) is 5.10 Å². The minimum Gasteiger partial charge on any atom is -0.354 e. The van der Waals surface area contributed by atoms with Gasteiger partial charge in [0.2, 0.25) is 0 Å². The number of hydrogen-bond acceptors (Lipinski definition) is 3. The van der Waals surface area contributed by atoms with Crippen LogP contribution < -0.4 is 10.6 Å². The van der Waals surface area contributed by atoms with Crippen LogP contribution in [-0.4, -0.2) is 47.3 Å². The monoisotopic (exact) mass is 374 g/mol. The van der Waals surface area contributed by atoms with E-state index in [0.29, 0.717) is 6.54 Å². The average Bonchev–Trinajstić information content (AvgIpc) is 3.30. The van der Waals surface area contributed by atoms with Gasteiger partial charge in [-0.15, -0.1) is 0 Å². The van der Waals surface area contributed by atoms with E-state index < -0.39 is 0 Å². The zero-order valence-electron chi connectivity index (χ0n) is 15.5. The summed E-state index contributed by atoms with van der Waals surface area (Å²) in [4.78, 5) is 6.87. The molecule has 140 valence electrons. The molecule has 1 atom stereocenters. The Kier molecular flexibility index (Phi) is 6.52. The molecule has 1 aliphatic heterocycles. The van der Waals surface area contributed by atoms with Crippen LogP contribution in [0.1, 0.15) is 30.1 Å². The van der Waals surface area contributed by atoms with Crippen LogP contribution in [0.3, 0.4) is 0 Å². The van der Waals surface area contributed by atoms with E-state index in [0.717, 1.165) is 36.3 Å². The molecule has 2 N–H and O–H groups in total. The van der Waals surface area contributed by atoms with Crippen molar-refractivity contribution < 1.29 is 0 Å². The van der Waals surface area contributed by atoms with Crippen LogP contribution in [0.5, 0.6) is 0 Å². The molecule has 2 heterocycles. The highest BCUT2D eigenvalue weighted by Crippen LogP contribution is 2.26. The zero-order valence-corrected chi connectivity index (χ0v) is 16.2. The third kappa shape index (κ3) is 4.77. The third-order valence-electron chi connectivity index (χ3n) is 4.86. The third-order valence-corrected chi connectivity index (χ3v) is 5.10. The maximum atomic E-state index is 6.22. The summed E-state index contributed by atoms with van der Waals surface area (Å²) < 4.78 is 1.86. The summed E-state index contributed by atoms with van der Waals surface area (Å²) in [5.74, 6) is 0.789. The molecular weight excluding hydrogens is 348 g/mol. The van der Waals surface area contributed by atoms with Crippen molar-refractivity contribution in [2.75, 3.05) is 26.7 Å². The van der Waals surface area contributed by atoms with Crippen LogP contribution in [0, 0.1) is 0 Å². The molecule has 1 unspecified atom stereocenters. The van der Waals surface area contributed by atoms with E-state index in [4.69, 9.17) is 11.6 Å². The number of guanidine groups is 1. The van der Waals surface area contributed by atoms with Crippen molar-refractivity contribution in [2.45, 2.75) is 25.4 Å². The molecule has 7 heteroatoms. The molecule has 1 fully saturated rings. The van der Waals surface area contributed by atoms with Crippen molar-refractivity contribution in [1.29, 1.82) is 0 Å². The summed E-state index contributed by atoms with van der Waals surface area (Å²) in [6.45, 7) is 3.72. The van der Waals surface area contributed by atoms with Gasteiger partial charge < -0.3 is 10.6 Å². The highest BCUT2D eigenvalue weighted by Gasteiger charge is 2.23. The Balaban J connectivity index is 1.63. The number of nitrogens with zero attached hydrogens (tertiary/aromatic N) is 4. The van der Waals surface area contributed by atoms with Gasteiger partial charge in [0.25, 0.3) is 0 Å². The quantitative estimate of drug-likeness (QED) is 0.602. The Morgan fingerprint density at radius 1 is 1.27 bits per heavy atom. The number of halogens is 1. The fourth-order valence-corrected chi connectivity index (χ4v) is 3.59. The first-order chi connectivity index (χ1) is 12.7. The largest absolute Gasteiger partial charge is 0.354 e. The number of rotatable bonds is 6. The molecule has 26 heavy (non-hydrogen) atoms. The fourth-order valence-electron chi connectivity index (χ4n) is 3.39. The first-order valence-corrected chi connectivity index (χ1v) is 9.46. The Morgan fingerprint density at radius 2 is 2.08 bits per heavy atom. The van der Waals surface area contributed by atoms with E-state index in [1.54, 1.807) is 13.2 Å². The second kappa shape index (κ2) is 9.05. The lowest BCUT2D eigenvalue weighted by Crippen LogP contribution is -2.42. The van der Waals surface area contributed by atoms with E-state index in [1.807, 2.05) is 29.9 Å². The molecule has 3 rings (SSSR count). The van der Waals surface area contributed by atoms with Gasteiger partial charge in [0, 0.05) is 31.9 Å². The Bertz CT molecular complexity index is 735. The minimum absolute atomic E-state index is 0.284. The molecule has 0 radical (unpaired) electrons. The van der Waals surface area contributed by atoms with Crippen LogP contribution in [0.15, 0.2) is 41.5 Å². The van der Waals surface area contributed by atoms with E-state index >= 15 is 0 Å². The standard InChI is InChI=1S/C19H27ClN6/c1-21-19(22-13-17-8-9-24-25(17)2)23-14-18(26-10-3-4-11-26)15-6-5-7-16(20)12-15/h5-9,12,18H,3-4,10-11,13-14H2,1-2H3,(H2,21,22,23). The first kappa shape index (κ1) is 18.7. The molecule has 1 aliphatic rings. The van der Waals surface area contributed by atoms with Crippen molar-refractivity contribution in [3.8, 4) is 0 Å². The summed E-state index contributed by atoms with van der Waals surface area (Å²) in [6, 6.07) is 10.5. The van der Waals surface area contributed by atoms with Gasteiger partial charge in [0.15, 0.2) is 5.96 Å². The lowest BCUT2D eigenvalue weighted by atomic mass is 10.1. The van der Waals surface area contributed by atoms with Crippen LogP contribution in [0.25, 0.3) is 0 Å². The van der Waals surface area contributed by atoms with Crippen molar-refractivity contribution >= 4 is 17.6 Å². The SMILES string of the molecule is CN=C(NCc1ccnn1C)NCC(c1cccc(Cl)c1)N1CCCC1. The number of aliphatic imine (C=N–C) groups is 1. The van der Waals surface area contributed by atoms with Gasteiger partial charge in [-0.25, -0.2) is 0 Å². The van der Waals surface area contributed by atoms with Gasteiger partial charge in [-0.05, 0) is 49.7 Å². The Labute approximate surface area is 160 Å². The number of aromatic nitrogens is 2. The summed E-state index contributed by atoms with van der Waals surface area (Å²) in [7, 11) is 3.73. The molecule has 6 nitrogen and oxygen atoms in total. The number of nitrogens with one attached hydrogen (secondary N) is 2. The molecular formula is C19H27ClN6. The summed E-state index contributed by atoms with van der Waals surface area (Å²) in [5.41, 5.74) is 2.35. The molecule has 1 aromatic carbocycles. The fraction of sp³-hybridized carbons (Fsp3) is 0.474. The van der Waals surface area contributed by atoms with Gasteiger partial charge in [0.05, 0.1) is 18.3 Å². The molecule has 0 spiro atoms. The molecule has 0 amide bonds. The van der Waals surface area contributed by atoms with E-state index in [2.05, 4.69) is 37.8 Å². The Hall–Kier alpha value is -2.05. The molecule has 0 aliphatic carbocycles. The number of benzene rings is 1. The number of hydrogen-bond donors (Lipinski definition) is 2. The van der Waals surface area contributed by atoms with Crippen molar-refractivity contribution in [3.05, 3.63) is 52.8 Å². The predicted molar refractivity (Wildman–Crippen MR) is 106 cm³/mol. The molecule has 1 saturated heterocycles. The van der Waals surface area contributed by atoms with Crippen molar-refractivity contribution in [3.63, 3.8) is 0 Å². The van der Waals surface area contributed by atoms with E-state index in [1.165, 1.54) is 18.4 Å². The van der Waals surface area contributed by atoms with Crippen LogP contribution in [0.2, 0.25) is 5.02 Å². The van der Waals surface area contributed by atoms with Gasteiger partial charge >= 0.3 is 0 Å². The molecule has 0 bridgehead atoms. The summed E-state index contributed by atoms with van der Waals surface area (Å²) in [6.07, 6.45) is 4.31. The maximum absolute atomic E-state index is 6.22. The summed E-state index contributed by atoms with van der Waals surface area (Å²) >= 11 is 6.22. The van der Waals surface area contributed by atoms with Gasteiger partial charge in [-0.3, -0.25) is 14.6 Å². The highest BCUT2D eigenvalue weighted by atomic mass is 35.5. The van der Waals surface area contributed by atoms with Crippen LogP contribution in [0.4, 0.5) is 0 Å². The maximum Gasteiger partial charge on any atom is 0.191 e. The molecule has 1 aromatic heterocycles. The van der Waals surface area contributed by atoms with E-state index in [-0.39, 0.29) is 6.04 Å². The number of likely N-dealkylation sites (tertiary alicyclic amines) is 1. The van der Waals surface area contributed by atoms with Crippen molar-refractivity contribution in [1.82, 2.24) is 25.3 Å². The highest BCUT2D eigenvalue weighted by molar-refractivity contribution is 6.30. The topological polar surface area (TPSA) is 57.5 Å². The Morgan fingerprint density at radius 3 is 2.73 bits per heavy atom. The number of aryl methyl sites for hydroxylation is 1. The lowest BCUT2D eigenvalue weighted by molar-refractivity contribution is 0.245. The summed E-state index contributed by atoms with van der Waals surface area (Å²) in [5, 5.41) is 11.8. The lowest BCUT2D eigenvalue weighted by Gasteiger charge is -2.29. The first-order valence-electron chi connectivity index (χ1n) is 9.08. The van der Waals surface area contributed by atoms with E-state index in [9.17, 15) is 0 Å². The predicted octanol–water partition coefficient (Wildman–Crippen LogP) is 2.58. The van der Waals surface area contributed by atoms with Crippen molar-refractivity contribution in [2.24, 2.45) is 12.0 Å². The van der Waals surface area contributed by atoms with Gasteiger partial charge in [-0.1, -0.05) is 23.7 Å². The molecule has 0 saturated carbocycles. The average molecular weight is 375 g/mol. The normalized spacial score (nSPS) is 16.7. The smallest absolute Gasteiger partial charge is 0.191 e.